The fourth-order valence-corrected chi connectivity index (χ4v) is 3.27. The number of hydrogen-bond acceptors (Lipinski definition) is 2. The van der Waals surface area contributed by atoms with Crippen LogP contribution in [0.4, 0.5) is 0 Å². The smallest absolute Gasteiger partial charge is 0.0210 e. The van der Waals surface area contributed by atoms with E-state index in [2.05, 4.69) is 44.8 Å². The van der Waals surface area contributed by atoms with Crippen LogP contribution in [-0.2, 0) is 0 Å². The molecule has 1 heterocycles. The molecule has 1 saturated heterocycles. The minimum absolute atomic E-state index is 0.504. The zero-order valence-corrected chi connectivity index (χ0v) is 10.2. The van der Waals surface area contributed by atoms with Crippen molar-refractivity contribution in [3.63, 3.8) is 0 Å². The van der Waals surface area contributed by atoms with Gasteiger partial charge in [-0.1, -0.05) is 27.7 Å². The predicted octanol–water partition coefficient (Wildman–Crippen LogP) is 1.71. The van der Waals surface area contributed by atoms with Gasteiger partial charge in [-0.05, 0) is 17.8 Å². The van der Waals surface area contributed by atoms with E-state index in [1.807, 2.05) is 0 Å². The minimum Gasteiger partial charge on any atom is -0.312 e. The highest BCUT2D eigenvalue weighted by Crippen LogP contribution is 2.65. The van der Waals surface area contributed by atoms with Gasteiger partial charge in [-0.15, -0.1) is 0 Å². The molecule has 2 nitrogen and oxygen atoms in total. The summed E-state index contributed by atoms with van der Waals surface area (Å²) in [6.45, 7) is 15.5. The number of piperazine rings is 1. The van der Waals surface area contributed by atoms with Crippen LogP contribution < -0.4 is 5.32 Å². The Hall–Kier alpha value is -0.0800. The molecule has 0 bridgehead atoms. The molecule has 82 valence electrons. The zero-order valence-electron chi connectivity index (χ0n) is 10.2. The van der Waals surface area contributed by atoms with Crippen LogP contribution in [0.3, 0.4) is 0 Å². The lowest BCUT2D eigenvalue weighted by Gasteiger charge is -2.33. The van der Waals surface area contributed by atoms with Crippen LogP contribution in [0.25, 0.3) is 0 Å². The molecule has 0 spiro atoms. The molecule has 0 amide bonds. The average Bonchev–Trinajstić information content (AvgIpc) is 2.42. The Morgan fingerprint density at radius 1 is 1.14 bits per heavy atom. The quantitative estimate of drug-likeness (QED) is 0.687. The van der Waals surface area contributed by atoms with Crippen LogP contribution in [-0.4, -0.2) is 36.6 Å². The van der Waals surface area contributed by atoms with E-state index >= 15 is 0 Å². The van der Waals surface area contributed by atoms with Crippen LogP contribution in [0.1, 0.15) is 34.6 Å². The van der Waals surface area contributed by atoms with Gasteiger partial charge in [0, 0.05) is 31.7 Å². The van der Waals surface area contributed by atoms with Crippen molar-refractivity contribution in [2.45, 2.75) is 46.7 Å². The summed E-state index contributed by atoms with van der Waals surface area (Å²) in [6, 6.07) is 1.45. The monoisotopic (exact) mass is 196 g/mol. The summed E-state index contributed by atoms with van der Waals surface area (Å²) in [7, 11) is 0. The number of hydrogen-bond donors (Lipinski definition) is 1. The summed E-state index contributed by atoms with van der Waals surface area (Å²) in [5.74, 6) is 0. The fourth-order valence-electron chi connectivity index (χ4n) is 3.27. The van der Waals surface area contributed by atoms with Gasteiger partial charge in [0.1, 0.15) is 0 Å². The Morgan fingerprint density at radius 2 is 1.71 bits per heavy atom. The maximum absolute atomic E-state index is 3.51. The van der Waals surface area contributed by atoms with Crippen molar-refractivity contribution in [1.29, 1.82) is 0 Å². The molecule has 0 aromatic heterocycles. The normalized spacial score (nSPS) is 37.1. The molecule has 2 rings (SSSR count). The van der Waals surface area contributed by atoms with Crippen LogP contribution >= 0.6 is 0 Å². The first-order valence-electron chi connectivity index (χ1n) is 5.85. The number of rotatable bonds is 1. The molecule has 2 fully saturated rings. The van der Waals surface area contributed by atoms with Crippen molar-refractivity contribution < 1.29 is 0 Å². The van der Waals surface area contributed by atoms with E-state index in [9.17, 15) is 0 Å². The van der Waals surface area contributed by atoms with Gasteiger partial charge in [0.25, 0.3) is 0 Å². The van der Waals surface area contributed by atoms with E-state index in [-0.39, 0.29) is 0 Å². The summed E-state index contributed by atoms with van der Waals surface area (Å²) in [5.41, 5.74) is 1.01. The second kappa shape index (κ2) is 2.96. The van der Waals surface area contributed by atoms with Crippen LogP contribution in [0, 0.1) is 10.8 Å². The van der Waals surface area contributed by atoms with Crippen molar-refractivity contribution in [3.8, 4) is 0 Å². The van der Waals surface area contributed by atoms with Crippen molar-refractivity contribution in [1.82, 2.24) is 10.2 Å². The topological polar surface area (TPSA) is 15.3 Å². The lowest BCUT2D eigenvalue weighted by molar-refractivity contribution is 0.171. The molecular formula is C12H24N2. The van der Waals surface area contributed by atoms with E-state index in [0.29, 0.717) is 16.9 Å². The standard InChI is InChI=1S/C12H24N2/c1-9-8-14(7-6-13-9)10-11(2,3)12(10,4)5/h9-10,13H,6-8H2,1-5H3. The van der Waals surface area contributed by atoms with E-state index in [1.165, 1.54) is 13.1 Å². The van der Waals surface area contributed by atoms with Gasteiger partial charge in [-0.3, -0.25) is 4.90 Å². The first kappa shape index (κ1) is 10.4. The maximum Gasteiger partial charge on any atom is 0.0210 e. The van der Waals surface area contributed by atoms with Crippen molar-refractivity contribution in [2.24, 2.45) is 10.8 Å². The molecule has 1 aliphatic heterocycles. The summed E-state index contributed by atoms with van der Waals surface area (Å²) < 4.78 is 0. The third-order valence-corrected chi connectivity index (χ3v) is 4.71. The van der Waals surface area contributed by atoms with Crippen LogP contribution in [0.5, 0.6) is 0 Å². The highest BCUT2D eigenvalue weighted by atomic mass is 15.3. The lowest BCUT2D eigenvalue weighted by atomic mass is 10.0. The maximum atomic E-state index is 3.51. The Bertz CT molecular complexity index is 218. The highest BCUT2D eigenvalue weighted by Gasteiger charge is 2.66. The SMILES string of the molecule is CC1CN(C2C(C)(C)C2(C)C)CCN1. The van der Waals surface area contributed by atoms with Crippen LogP contribution in [0.2, 0.25) is 0 Å². The first-order chi connectivity index (χ1) is 6.37. The molecule has 1 N–H and O–H groups in total. The Kier molecular flexibility index (Phi) is 2.20. The minimum atomic E-state index is 0.504. The number of nitrogens with zero attached hydrogens (tertiary/aromatic N) is 1. The Labute approximate surface area is 88.1 Å². The van der Waals surface area contributed by atoms with Gasteiger partial charge < -0.3 is 5.32 Å². The third kappa shape index (κ3) is 1.31. The summed E-state index contributed by atoms with van der Waals surface area (Å²) in [5, 5.41) is 3.51. The summed E-state index contributed by atoms with van der Waals surface area (Å²) in [4.78, 5) is 2.68. The summed E-state index contributed by atoms with van der Waals surface area (Å²) in [6.07, 6.45) is 0. The van der Waals surface area contributed by atoms with Gasteiger partial charge in [0.05, 0.1) is 0 Å². The molecule has 1 atom stereocenters. The van der Waals surface area contributed by atoms with E-state index in [4.69, 9.17) is 0 Å². The molecule has 2 aliphatic rings. The predicted molar refractivity (Wildman–Crippen MR) is 60.4 cm³/mol. The number of nitrogens with one attached hydrogen (secondary N) is 1. The largest absolute Gasteiger partial charge is 0.312 e. The van der Waals surface area contributed by atoms with E-state index < -0.39 is 0 Å². The van der Waals surface area contributed by atoms with Gasteiger partial charge in [-0.25, -0.2) is 0 Å². The van der Waals surface area contributed by atoms with Crippen molar-refractivity contribution in [2.75, 3.05) is 19.6 Å². The fraction of sp³-hybridized carbons (Fsp3) is 1.00. The molecule has 2 heteroatoms. The Balaban J connectivity index is 2.04. The highest BCUT2D eigenvalue weighted by molar-refractivity contribution is 5.19. The average molecular weight is 196 g/mol. The van der Waals surface area contributed by atoms with E-state index in [0.717, 1.165) is 12.6 Å². The van der Waals surface area contributed by atoms with Gasteiger partial charge in [-0.2, -0.15) is 0 Å². The second-order valence-electron chi connectivity index (χ2n) is 6.20. The molecule has 0 radical (unpaired) electrons. The second-order valence-corrected chi connectivity index (χ2v) is 6.20. The van der Waals surface area contributed by atoms with Gasteiger partial charge >= 0.3 is 0 Å². The Morgan fingerprint density at radius 3 is 2.14 bits per heavy atom. The van der Waals surface area contributed by atoms with Crippen LogP contribution in [0.15, 0.2) is 0 Å². The van der Waals surface area contributed by atoms with Crippen molar-refractivity contribution >= 4 is 0 Å². The first-order valence-corrected chi connectivity index (χ1v) is 5.85. The van der Waals surface area contributed by atoms with Crippen molar-refractivity contribution in [3.05, 3.63) is 0 Å². The molecule has 14 heavy (non-hydrogen) atoms. The zero-order chi connectivity index (χ0) is 10.6. The third-order valence-electron chi connectivity index (χ3n) is 4.71. The van der Waals surface area contributed by atoms with Gasteiger partial charge in [0.2, 0.25) is 0 Å². The molecule has 1 aliphatic carbocycles. The molecule has 0 aromatic rings. The molecule has 1 unspecified atom stereocenters. The lowest BCUT2D eigenvalue weighted by Crippen LogP contribution is -2.51. The van der Waals surface area contributed by atoms with Gasteiger partial charge in [0.15, 0.2) is 0 Å². The summed E-state index contributed by atoms with van der Waals surface area (Å²) >= 11 is 0. The molecular weight excluding hydrogens is 172 g/mol. The van der Waals surface area contributed by atoms with E-state index in [1.54, 1.807) is 0 Å². The molecule has 0 aromatic carbocycles. The molecule has 1 saturated carbocycles.